The first-order valence-corrected chi connectivity index (χ1v) is 9.37. The fourth-order valence-electron chi connectivity index (χ4n) is 4.95. The van der Waals surface area contributed by atoms with Gasteiger partial charge >= 0.3 is 0 Å². The minimum Gasteiger partial charge on any atom is -0.508 e. The highest BCUT2D eigenvalue weighted by Gasteiger charge is 2.54. The molecule has 1 saturated carbocycles. The van der Waals surface area contributed by atoms with Gasteiger partial charge in [0.1, 0.15) is 17.0 Å². The minimum atomic E-state index is -0.813. The number of hydrogen-bond donors (Lipinski definition) is 2. The van der Waals surface area contributed by atoms with Crippen LogP contribution in [0.2, 0.25) is 0 Å². The van der Waals surface area contributed by atoms with E-state index in [-0.39, 0.29) is 23.4 Å². The van der Waals surface area contributed by atoms with Crippen molar-refractivity contribution in [2.24, 2.45) is 5.92 Å². The summed E-state index contributed by atoms with van der Waals surface area (Å²) in [6, 6.07) is 8.79. The van der Waals surface area contributed by atoms with Gasteiger partial charge in [-0.15, -0.1) is 0 Å². The van der Waals surface area contributed by atoms with E-state index in [1.165, 1.54) is 6.42 Å². The number of phenols is 1. The number of anilines is 1. The van der Waals surface area contributed by atoms with E-state index < -0.39 is 5.41 Å². The van der Waals surface area contributed by atoms with Gasteiger partial charge in [-0.05, 0) is 67.5 Å². The molecule has 0 spiro atoms. The van der Waals surface area contributed by atoms with Crippen LogP contribution in [0.4, 0.5) is 10.1 Å². The lowest BCUT2D eigenvalue weighted by molar-refractivity contribution is -0.121. The number of hydrogen-bond acceptors (Lipinski definition) is 2. The van der Waals surface area contributed by atoms with E-state index in [0.717, 1.165) is 36.8 Å². The fraction of sp³-hybridized carbons (Fsp3) is 0.409. The Labute approximate surface area is 153 Å². The number of amides is 1. The number of phenolic OH excluding ortho intramolecular Hbond substituents is 1. The Morgan fingerprint density at radius 3 is 2.42 bits per heavy atom. The zero-order valence-electron chi connectivity index (χ0n) is 15.2. The number of nitrogens with one attached hydrogen (secondary N) is 1. The summed E-state index contributed by atoms with van der Waals surface area (Å²) in [6.07, 6.45) is 5.35. The second-order valence-corrected chi connectivity index (χ2v) is 7.70. The first kappa shape index (κ1) is 17.1. The number of carbonyl (C=O) groups is 1. The molecule has 1 aliphatic carbocycles. The standard InChI is InChI=1S/C22H24FNO2/c1-13-12-18-20(14(2)19(13)23)24-21(26)22(18,15-6-4-3-5-7-15)16-8-10-17(25)11-9-16/h8-12,15,25H,3-7H2,1-2H3,(H,24,26). The highest BCUT2D eigenvalue weighted by molar-refractivity contribution is 6.09. The molecule has 0 bridgehead atoms. The van der Waals surface area contributed by atoms with E-state index in [0.29, 0.717) is 16.8 Å². The highest BCUT2D eigenvalue weighted by atomic mass is 19.1. The Hall–Kier alpha value is -2.36. The summed E-state index contributed by atoms with van der Waals surface area (Å²) in [4.78, 5) is 13.4. The van der Waals surface area contributed by atoms with Crippen LogP contribution in [0, 0.1) is 25.6 Å². The predicted octanol–water partition coefficient (Wildman–Crippen LogP) is 4.97. The highest BCUT2D eigenvalue weighted by Crippen LogP contribution is 2.53. The number of aryl methyl sites for hydroxylation is 1. The van der Waals surface area contributed by atoms with E-state index in [9.17, 15) is 14.3 Å². The van der Waals surface area contributed by atoms with Gasteiger partial charge in [-0.1, -0.05) is 31.4 Å². The van der Waals surface area contributed by atoms with Gasteiger partial charge in [-0.3, -0.25) is 4.79 Å². The molecule has 1 amide bonds. The van der Waals surface area contributed by atoms with Crippen molar-refractivity contribution < 1.29 is 14.3 Å². The van der Waals surface area contributed by atoms with Crippen molar-refractivity contribution in [1.29, 1.82) is 0 Å². The largest absolute Gasteiger partial charge is 0.508 e. The average molecular weight is 353 g/mol. The molecule has 2 aromatic carbocycles. The number of aromatic hydroxyl groups is 1. The smallest absolute Gasteiger partial charge is 0.239 e. The van der Waals surface area contributed by atoms with Crippen LogP contribution >= 0.6 is 0 Å². The zero-order valence-corrected chi connectivity index (χ0v) is 15.2. The van der Waals surface area contributed by atoms with Crippen LogP contribution in [-0.4, -0.2) is 11.0 Å². The van der Waals surface area contributed by atoms with Crippen molar-refractivity contribution in [2.45, 2.75) is 51.4 Å². The van der Waals surface area contributed by atoms with Gasteiger partial charge < -0.3 is 10.4 Å². The molecule has 1 unspecified atom stereocenters. The third-order valence-electron chi connectivity index (χ3n) is 6.24. The first-order valence-electron chi connectivity index (χ1n) is 9.37. The summed E-state index contributed by atoms with van der Waals surface area (Å²) in [6.45, 7) is 3.49. The molecule has 2 N–H and O–H groups in total. The van der Waals surface area contributed by atoms with Crippen LogP contribution in [0.5, 0.6) is 5.75 Å². The summed E-state index contributed by atoms with van der Waals surface area (Å²) in [5.74, 6) is 0.0244. The summed E-state index contributed by atoms with van der Waals surface area (Å²) < 4.78 is 14.5. The number of halogens is 1. The summed E-state index contributed by atoms with van der Waals surface area (Å²) in [7, 11) is 0. The molecular formula is C22H24FNO2. The van der Waals surface area contributed by atoms with Gasteiger partial charge in [0.2, 0.25) is 5.91 Å². The maximum Gasteiger partial charge on any atom is 0.239 e. The quantitative estimate of drug-likeness (QED) is 0.801. The van der Waals surface area contributed by atoms with Gasteiger partial charge in [-0.25, -0.2) is 4.39 Å². The third kappa shape index (κ3) is 2.28. The lowest BCUT2D eigenvalue weighted by Crippen LogP contribution is -2.43. The van der Waals surface area contributed by atoms with Gasteiger partial charge in [0.25, 0.3) is 0 Å². The van der Waals surface area contributed by atoms with Crippen molar-refractivity contribution in [3.8, 4) is 5.75 Å². The molecule has 1 atom stereocenters. The minimum absolute atomic E-state index is 0.0711. The summed E-state index contributed by atoms with van der Waals surface area (Å²) >= 11 is 0. The van der Waals surface area contributed by atoms with Gasteiger partial charge in [0.05, 0.1) is 5.69 Å². The Kier molecular flexibility index (Phi) is 4.02. The second-order valence-electron chi connectivity index (χ2n) is 7.70. The van der Waals surface area contributed by atoms with Crippen molar-refractivity contribution >= 4 is 11.6 Å². The lowest BCUT2D eigenvalue weighted by Gasteiger charge is -2.39. The predicted molar refractivity (Wildman–Crippen MR) is 100.0 cm³/mol. The molecule has 26 heavy (non-hydrogen) atoms. The van der Waals surface area contributed by atoms with Crippen LogP contribution in [-0.2, 0) is 10.2 Å². The van der Waals surface area contributed by atoms with Crippen molar-refractivity contribution in [3.63, 3.8) is 0 Å². The molecule has 2 aromatic rings. The Morgan fingerprint density at radius 1 is 1.12 bits per heavy atom. The normalized spacial score (nSPS) is 23.0. The van der Waals surface area contributed by atoms with Crippen LogP contribution in [0.3, 0.4) is 0 Å². The average Bonchev–Trinajstić information content (AvgIpc) is 2.94. The molecule has 0 saturated heterocycles. The Balaban J connectivity index is 2.01. The molecule has 1 aliphatic heterocycles. The molecular weight excluding hydrogens is 329 g/mol. The molecule has 3 nitrogen and oxygen atoms in total. The zero-order chi connectivity index (χ0) is 18.5. The van der Waals surface area contributed by atoms with E-state index in [4.69, 9.17) is 0 Å². The van der Waals surface area contributed by atoms with Gasteiger partial charge in [-0.2, -0.15) is 0 Å². The molecule has 136 valence electrons. The molecule has 1 heterocycles. The van der Waals surface area contributed by atoms with E-state index >= 15 is 0 Å². The monoisotopic (exact) mass is 353 g/mol. The first-order chi connectivity index (χ1) is 12.5. The maximum absolute atomic E-state index is 14.5. The molecule has 2 aliphatic rings. The number of benzene rings is 2. The van der Waals surface area contributed by atoms with E-state index in [1.54, 1.807) is 26.0 Å². The number of fused-ring (bicyclic) bond motifs is 1. The van der Waals surface area contributed by atoms with Crippen LogP contribution in [0.15, 0.2) is 30.3 Å². The van der Waals surface area contributed by atoms with Crippen LogP contribution in [0.25, 0.3) is 0 Å². The second kappa shape index (κ2) is 6.11. The van der Waals surface area contributed by atoms with Gasteiger partial charge in [0, 0.05) is 5.56 Å². The number of rotatable bonds is 2. The SMILES string of the molecule is Cc1cc2c(c(C)c1F)NC(=O)C2(c1ccc(O)cc1)C1CCCCC1. The summed E-state index contributed by atoms with van der Waals surface area (Å²) in [5.41, 5.74) is 2.64. The lowest BCUT2D eigenvalue weighted by atomic mass is 9.62. The Morgan fingerprint density at radius 2 is 1.77 bits per heavy atom. The number of carbonyl (C=O) groups excluding carboxylic acids is 1. The van der Waals surface area contributed by atoms with E-state index in [1.807, 2.05) is 18.2 Å². The molecule has 1 fully saturated rings. The topological polar surface area (TPSA) is 49.3 Å². The Bertz CT molecular complexity index is 869. The van der Waals surface area contributed by atoms with Crippen molar-refractivity contribution in [1.82, 2.24) is 0 Å². The molecule has 0 radical (unpaired) electrons. The molecule has 4 heteroatoms. The van der Waals surface area contributed by atoms with Gasteiger partial charge in [0.15, 0.2) is 0 Å². The van der Waals surface area contributed by atoms with Crippen LogP contribution < -0.4 is 5.32 Å². The van der Waals surface area contributed by atoms with Crippen LogP contribution in [0.1, 0.15) is 54.4 Å². The van der Waals surface area contributed by atoms with Crippen molar-refractivity contribution in [2.75, 3.05) is 5.32 Å². The van der Waals surface area contributed by atoms with Crippen molar-refractivity contribution in [3.05, 3.63) is 58.4 Å². The molecule has 0 aromatic heterocycles. The summed E-state index contributed by atoms with van der Waals surface area (Å²) in [5, 5.41) is 12.7. The molecule has 4 rings (SSSR count). The van der Waals surface area contributed by atoms with E-state index in [2.05, 4.69) is 5.32 Å². The maximum atomic E-state index is 14.5. The fourth-order valence-corrected chi connectivity index (χ4v) is 4.95. The third-order valence-corrected chi connectivity index (χ3v) is 6.24.